The normalized spacial score (nSPS) is 13.7. The number of amidine groups is 1. The Balaban J connectivity index is 2.04. The van der Waals surface area contributed by atoms with E-state index in [9.17, 15) is 0 Å². The summed E-state index contributed by atoms with van der Waals surface area (Å²) in [5, 5.41) is 2.09. The molecule has 3 nitrogen and oxygen atoms in total. The van der Waals surface area contributed by atoms with Crippen LogP contribution in [0.15, 0.2) is 34.6 Å². The Morgan fingerprint density at radius 3 is 2.89 bits per heavy atom. The van der Waals surface area contributed by atoms with Crippen LogP contribution in [0.1, 0.15) is 21.6 Å². The summed E-state index contributed by atoms with van der Waals surface area (Å²) in [6.07, 6.45) is 0.916. The van der Waals surface area contributed by atoms with Crippen LogP contribution >= 0.6 is 11.3 Å². The van der Waals surface area contributed by atoms with Crippen molar-refractivity contribution in [3.63, 3.8) is 0 Å². The van der Waals surface area contributed by atoms with E-state index in [1.165, 1.54) is 16.7 Å². The molecule has 1 aromatic heterocycles. The van der Waals surface area contributed by atoms with Gasteiger partial charge in [-0.15, -0.1) is 11.3 Å². The minimum absolute atomic E-state index is 0.643. The second kappa shape index (κ2) is 4.79. The van der Waals surface area contributed by atoms with E-state index >= 15 is 0 Å². The summed E-state index contributed by atoms with van der Waals surface area (Å²) in [5.74, 6) is 0.643. The minimum atomic E-state index is 0.643. The first-order valence-electron chi connectivity index (χ1n) is 6.31. The smallest absolute Gasteiger partial charge is 0.141 e. The highest BCUT2D eigenvalue weighted by Gasteiger charge is 2.16. The third-order valence-corrected chi connectivity index (χ3v) is 4.22. The van der Waals surface area contributed by atoms with Gasteiger partial charge in [0.2, 0.25) is 0 Å². The molecule has 0 saturated heterocycles. The van der Waals surface area contributed by atoms with Crippen molar-refractivity contribution in [1.29, 1.82) is 0 Å². The summed E-state index contributed by atoms with van der Waals surface area (Å²) >= 11 is 1.67. The molecule has 0 radical (unpaired) electrons. The zero-order valence-corrected chi connectivity index (χ0v) is 12.0. The van der Waals surface area contributed by atoms with E-state index in [0.29, 0.717) is 5.84 Å². The van der Waals surface area contributed by atoms with Gasteiger partial charge in [0, 0.05) is 13.0 Å². The molecule has 0 amide bonds. The second-order valence-corrected chi connectivity index (χ2v) is 6.07. The lowest BCUT2D eigenvalue weighted by Gasteiger charge is -2.11. The molecule has 0 fully saturated rings. The molecule has 0 saturated carbocycles. The third-order valence-electron chi connectivity index (χ3n) is 3.24. The van der Waals surface area contributed by atoms with Gasteiger partial charge < -0.3 is 10.6 Å². The third kappa shape index (κ3) is 2.41. The van der Waals surface area contributed by atoms with E-state index < -0.39 is 0 Å². The predicted molar refractivity (Wildman–Crippen MR) is 81.3 cm³/mol. The van der Waals surface area contributed by atoms with Crippen LogP contribution in [0.3, 0.4) is 0 Å². The van der Waals surface area contributed by atoms with Crippen LogP contribution in [0.25, 0.3) is 0 Å². The largest absolute Gasteiger partial charge is 0.382 e. The maximum Gasteiger partial charge on any atom is 0.141 e. The van der Waals surface area contributed by atoms with Crippen LogP contribution in [-0.2, 0) is 13.0 Å². The fraction of sp³-hybridized carbons (Fsp3) is 0.267. The summed E-state index contributed by atoms with van der Waals surface area (Å²) in [6.45, 7) is 0.947. The van der Waals surface area contributed by atoms with Crippen molar-refractivity contribution in [2.45, 2.75) is 13.0 Å². The maximum absolute atomic E-state index is 6.08. The molecule has 0 bridgehead atoms. The molecule has 1 aromatic carbocycles. The van der Waals surface area contributed by atoms with Crippen molar-refractivity contribution in [3.8, 4) is 0 Å². The molecule has 0 spiro atoms. The first-order valence-corrected chi connectivity index (χ1v) is 7.19. The van der Waals surface area contributed by atoms with Crippen molar-refractivity contribution in [2.24, 2.45) is 10.7 Å². The van der Waals surface area contributed by atoms with Crippen molar-refractivity contribution < 1.29 is 0 Å². The summed E-state index contributed by atoms with van der Waals surface area (Å²) in [7, 11) is 4.16. The fourth-order valence-corrected chi connectivity index (χ4v) is 3.26. The Labute approximate surface area is 117 Å². The Morgan fingerprint density at radius 2 is 2.11 bits per heavy atom. The van der Waals surface area contributed by atoms with Crippen molar-refractivity contribution >= 4 is 22.9 Å². The van der Waals surface area contributed by atoms with Gasteiger partial charge in [-0.2, -0.15) is 0 Å². The van der Waals surface area contributed by atoms with Gasteiger partial charge >= 0.3 is 0 Å². The topological polar surface area (TPSA) is 41.6 Å². The number of nitrogens with zero attached hydrogens (tertiary/aromatic N) is 2. The van der Waals surface area contributed by atoms with Gasteiger partial charge in [-0.1, -0.05) is 12.1 Å². The molecule has 2 aromatic rings. The molecular weight excluding hydrogens is 254 g/mol. The number of nitrogens with two attached hydrogens (primary N) is 1. The first-order chi connectivity index (χ1) is 9.13. The highest BCUT2D eigenvalue weighted by atomic mass is 32.1. The van der Waals surface area contributed by atoms with E-state index in [2.05, 4.69) is 53.6 Å². The van der Waals surface area contributed by atoms with Gasteiger partial charge in [0.1, 0.15) is 5.84 Å². The Hall–Kier alpha value is -1.65. The molecule has 0 aliphatic carbocycles. The predicted octanol–water partition coefficient (Wildman–Crippen LogP) is 2.75. The highest BCUT2D eigenvalue weighted by Crippen LogP contribution is 2.31. The van der Waals surface area contributed by atoms with Crippen LogP contribution in [0.4, 0.5) is 5.69 Å². The van der Waals surface area contributed by atoms with Crippen LogP contribution in [0.2, 0.25) is 0 Å². The number of rotatable bonds is 2. The quantitative estimate of drug-likeness (QED) is 0.912. The van der Waals surface area contributed by atoms with E-state index in [1.54, 1.807) is 11.3 Å². The second-order valence-electron chi connectivity index (χ2n) is 5.15. The Morgan fingerprint density at radius 1 is 1.26 bits per heavy atom. The summed E-state index contributed by atoms with van der Waals surface area (Å²) in [4.78, 5) is 7.85. The van der Waals surface area contributed by atoms with Crippen LogP contribution in [0, 0.1) is 0 Å². The van der Waals surface area contributed by atoms with Crippen LogP contribution < -0.4 is 5.73 Å². The molecule has 19 heavy (non-hydrogen) atoms. The van der Waals surface area contributed by atoms with E-state index in [4.69, 9.17) is 5.73 Å². The van der Waals surface area contributed by atoms with Gasteiger partial charge in [0.25, 0.3) is 0 Å². The van der Waals surface area contributed by atoms with Crippen LogP contribution in [-0.4, -0.2) is 24.8 Å². The lowest BCUT2D eigenvalue weighted by molar-refractivity contribution is 0.402. The minimum Gasteiger partial charge on any atom is -0.382 e. The van der Waals surface area contributed by atoms with Gasteiger partial charge in [0.05, 0.1) is 10.6 Å². The molecule has 4 heteroatoms. The lowest BCUT2D eigenvalue weighted by atomic mass is 10.0. The van der Waals surface area contributed by atoms with Crippen molar-refractivity contribution in [3.05, 3.63) is 51.2 Å². The molecule has 1 aliphatic rings. The van der Waals surface area contributed by atoms with E-state index in [0.717, 1.165) is 23.5 Å². The Bertz CT molecular complexity index is 641. The monoisotopic (exact) mass is 271 g/mol. The van der Waals surface area contributed by atoms with Gasteiger partial charge in [-0.25, -0.2) is 4.99 Å². The molecule has 0 atom stereocenters. The van der Waals surface area contributed by atoms with E-state index in [-0.39, 0.29) is 0 Å². The number of fused-ring (bicyclic) bond motifs is 2. The molecule has 0 unspecified atom stereocenters. The molecule has 3 rings (SSSR count). The summed E-state index contributed by atoms with van der Waals surface area (Å²) in [5.41, 5.74) is 10.9. The van der Waals surface area contributed by atoms with Crippen molar-refractivity contribution in [1.82, 2.24) is 4.90 Å². The zero-order chi connectivity index (χ0) is 13.4. The summed E-state index contributed by atoms with van der Waals surface area (Å²) in [6, 6.07) is 8.61. The highest BCUT2D eigenvalue weighted by molar-refractivity contribution is 7.12. The number of aliphatic imine (C=N–C) groups is 1. The zero-order valence-electron chi connectivity index (χ0n) is 11.2. The number of hydrogen-bond acceptors (Lipinski definition) is 4. The molecule has 2 heterocycles. The number of thiophene rings is 1. The summed E-state index contributed by atoms with van der Waals surface area (Å²) < 4.78 is 0. The number of hydrogen-bond donors (Lipinski definition) is 1. The molecule has 98 valence electrons. The number of benzene rings is 1. The van der Waals surface area contributed by atoms with E-state index in [1.807, 2.05) is 0 Å². The Kier molecular flexibility index (Phi) is 3.12. The molecule has 1 aliphatic heterocycles. The average Bonchev–Trinajstić information content (AvgIpc) is 2.75. The van der Waals surface area contributed by atoms with Crippen molar-refractivity contribution in [2.75, 3.05) is 14.1 Å². The fourth-order valence-electron chi connectivity index (χ4n) is 2.44. The van der Waals surface area contributed by atoms with Gasteiger partial charge in [-0.3, -0.25) is 0 Å². The SMILES string of the molecule is CN(C)Cc1ccc2c(c1)Cc1ccsc1C(N)=N2. The maximum atomic E-state index is 6.08. The lowest BCUT2D eigenvalue weighted by Crippen LogP contribution is -2.11. The standard InChI is InChI=1S/C15H17N3S/c1-18(2)9-10-3-4-13-12(7-10)8-11-5-6-19-14(11)15(16)17-13/h3-7H,8-9H2,1-2H3,(H2,16,17). The van der Waals surface area contributed by atoms with Crippen LogP contribution in [0.5, 0.6) is 0 Å². The average molecular weight is 271 g/mol. The van der Waals surface area contributed by atoms with Gasteiger partial charge in [-0.05, 0) is 48.3 Å². The van der Waals surface area contributed by atoms with Gasteiger partial charge in [0.15, 0.2) is 0 Å². The first kappa shape index (κ1) is 12.4. The molecule has 2 N–H and O–H groups in total. The molecular formula is C15H17N3S.